The number of rotatable bonds is 7. The van der Waals surface area contributed by atoms with Crippen molar-refractivity contribution in [3.63, 3.8) is 0 Å². The lowest BCUT2D eigenvalue weighted by Crippen LogP contribution is -2.19. The van der Waals surface area contributed by atoms with E-state index in [0.29, 0.717) is 22.9 Å². The average molecular weight is 445 g/mol. The molecule has 0 saturated carbocycles. The molecule has 0 unspecified atom stereocenters. The Morgan fingerprint density at radius 1 is 1.07 bits per heavy atom. The number of nitrogens with zero attached hydrogens (tertiary/aromatic N) is 2. The second-order valence-corrected chi connectivity index (χ2v) is 8.96. The monoisotopic (exact) mass is 444 g/mol. The Labute approximate surface area is 181 Å². The van der Waals surface area contributed by atoms with Crippen molar-refractivity contribution in [3.05, 3.63) is 57.5 Å². The fourth-order valence-corrected chi connectivity index (χ4v) is 4.78. The number of hydrogen-bond donors (Lipinski definition) is 2. The number of nitrogens with one attached hydrogen (secondary N) is 2. The van der Waals surface area contributed by atoms with Crippen molar-refractivity contribution >= 4 is 51.0 Å². The minimum atomic E-state index is -0.376. The molecule has 30 heavy (non-hydrogen) atoms. The van der Waals surface area contributed by atoms with Crippen LogP contribution in [0.4, 0.5) is 20.9 Å². The third-order valence-electron chi connectivity index (χ3n) is 4.69. The number of hydrogen-bond acceptors (Lipinski definition) is 6. The fraction of sp³-hybridized carbons (Fsp3) is 0.286. The maximum absolute atomic E-state index is 14.0. The molecule has 2 aromatic heterocycles. The fourth-order valence-electron chi connectivity index (χ4n) is 3.35. The molecule has 3 heterocycles. The average Bonchev–Trinajstić information content (AvgIpc) is 3.44. The van der Waals surface area contributed by atoms with Crippen LogP contribution in [0.25, 0.3) is 0 Å². The van der Waals surface area contributed by atoms with Gasteiger partial charge in [-0.05, 0) is 42.5 Å². The zero-order chi connectivity index (χ0) is 20.9. The van der Waals surface area contributed by atoms with E-state index in [2.05, 4.69) is 20.5 Å². The van der Waals surface area contributed by atoms with Crippen LogP contribution in [0.2, 0.25) is 0 Å². The Balaban J connectivity index is 1.33. The summed E-state index contributed by atoms with van der Waals surface area (Å²) in [5, 5.41) is 9.63. The van der Waals surface area contributed by atoms with Gasteiger partial charge in [0.15, 0.2) is 5.13 Å². The highest BCUT2D eigenvalue weighted by Crippen LogP contribution is 2.25. The molecule has 1 fully saturated rings. The van der Waals surface area contributed by atoms with E-state index in [4.69, 9.17) is 0 Å². The first-order valence-corrected chi connectivity index (χ1v) is 11.4. The highest BCUT2D eigenvalue weighted by atomic mass is 32.1. The van der Waals surface area contributed by atoms with E-state index in [1.54, 1.807) is 11.4 Å². The number of anilines is 3. The van der Waals surface area contributed by atoms with E-state index >= 15 is 0 Å². The first-order chi connectivity index (χ1) is 14.5. The maximum atomic E-state index is 14.0. The molecule has 1 aliphatic rings. The molecule has 1 saturated heterocycles. The summed E-state index contributed by atoms with van der Waals surface area (Å²) in [6.45, 7) is 1.80. The molecule has 1 aromatic carbocycles. The highest BCUT2D eigenvalue weighted by Gasteiger charge is 2.15. The molecule has 0 atom stereocenters. The Bertz CT molecular complexity index is 1030. The number of amides is 2. The van der Waals surface area contributed by atoms with Gasteiger partial charge in [-0.15, -0.1) is 22.7 Å². The topological polar surface area (TPSA) is 74.3 Å². The van der Waals surface area contributed by atoms with Gasteiger partial charge in [-0.2, -0.15) is 0 Å². The smallest absolute Gasteiger partial charge is 0.231 e. The Hall–Kier alpha value is -2.78. The maximum Gasteiger partial charge on any atom is 0.231 e. The molecule has 0 radical (unpaired) electrons. The van der Waals surface area contributed by atoms with Crippen LogP contribution in [0, 0.1) is 5.82 Å². The Kier molecular flexibility index (Phi) is 6.39. The largest absolute Gasteiger partial charge is 0.371 e. The van der Waals surface area contributed by atoms with Gasteiger partial charge in [0.05, 0.1) is 18.5 Å². The predicted molar refractivity (Wildman–Crippen MR) is 119 cm³/mol. The SMILES string of the molecule is O=C(Cc1csc(NC(=O)Cc2cccs2)n1)Nc1cc(F)cc(N2CCCC2)c1. The number of thiazole rings is 1. The molecule has 2 amide bonds. The molecular formula is C21H21FN4O2S2. The van der Waals surface area contributed by atoms with Crippen LogP contribution < -0.4 is 15.5 Å². The molecule has 156 valence electrons. The van der Waals surface area contributed by atoms with Crippen molar-refractivity contribution in [3.8, 4) is 0 Å². The number of benzene rings is 1. The van der Waals surface area contributed by atoms with E-state index in [1.807, 2.05) is 17.5 Å². The van der Waals surface area contributed by atoms with Crippen molar-refractivity contribution in [2.24, 2.45) is 0 Å². The molecule has 9 heteroatoms. The van der Waals surface area contributed by atoms with Crippen molar-refractivity contribution < 1.29 is 14.0 Å². The van der Waals surface area contributed by atoms with E-state index in [0.717, 1.165) is 36.5 Å². The van der Waals surface area contributed by atoms with Gasteiger partial charge in [0.25, 0.3) is 0 Å². The zero-order valence-corrected chi connectivity index (χ0v) is 17.8. The molecule has 6 nitrogen and oxygen atoms in total. The lowest BCUT2D eigenvalue weighted by molar-refractivity contribution is -0.116. The second-order valence-electron chi connectivity index (χ2n) is 7.07. The van der Waals surface area contributed by atoms with Gasteiger partial charge in [0.2, 0.25) is 11.8 Å². The Morgan fingerprint density at radius 3 is 2.63 bits per heavy atom. The van der Waals surface area contributed by atoms with E-state index in [-0.39, 0.29) is 24.1 Å². The normalized spacial score (nSPS) is 13.4. The van der Waals surface area contributed by atoms with Crippen LogP contribution >= 0.6 is 22.7 Å². The third kappa shape index (κ3) is 5.43. The van der Waals surface area contributed by atoms with Crippen molar-refractivity contribution in [1.82, 2.24) is 4.98 Å². The minimum absolute atomic E-state index is 0.0485. The van der Waals surface area contributed by atoms with Gasteiger partial charge >= 0.3 is 0 Å². The molecule has 0 bridgehead atoms. The lowest BCUT2D eigenvalue weighted by Gasteiger charge is -2.18. The third-order valence-corrected chi connectivity index (χ3v) is 6.38. The van der Waals surface area contributed by atoms with Crippen molar-refractivity contribution in [1.29, 1.82) is 0 Å². The van der Waals surface area contributed by atoms with Gasteiger partial charge in [-0.25, -0.2) is 9.37 Å². The van der Waals surface area contributed by atoms with Crippen LogP contribution in [0.5, 0.6) is 0 Å². The summed E-state index contributed by atoms with van der Waals surface area (Å²) in [5.41, 5.74) is 1.77. The molecule has 0 spiro atoms. The number of thiophene rings is 1. The van der Waals surface area contributed by atoms with Crippen LogP contribution in [0.3, 0.4) is 0 Å². The molecule has 1 aliphatic heterocycles. The minimum Gasteiger partial charge on any atom is -0.371 e. The first-order valence-electron chi connectivity index (χ1n) is 9.67. The summed E-state index contributed by atoms with van der Waals surface area (Å²) in [4.78, 5) is 31.9. The summed E-state index contributed by atoms with van der Waals surface area (Å²) < 4.78 is 14.0. The van der Waals surface area contributed by atoms with Crippen LogP contribution in [-0.4, -0.2) is 29.9 Å². The van der Waals surface area contributed by atoms with Crippen LogP contribution in [0.1, 0.15) is 23.4 Å². The second kappa shape index (κ2) is 9.36. The number of halogens is 1. The highest BCUT2D eigenvalue weighted by molar-refractivity contribution is 7.14. The van der Waals surface area contributed by atoms with Gasteiger partial charge < -0.3 is 15.5 Å². The summed E-state index contributed by atoms with van der Waals surface area (Å²) in [6, 6.07) is 8.41. The van der Waals surface area contributed by atoms with Crippen molar-refractivity contribution in [2.75, 3.05) is 28.6 Å². The van der Waals surface area contributed by atoms with E-state index in [9.17, 15) is 14.0 Å². The lowest BCUT2D eigenvalue weighted by atomic mass is 10.2. The summed E-state index contributed by atoms with van der Waals surface area (Å²) in [5.74, 6) is -0.800. The molecule has 3 aromatic rings. The standard InChI is InChI=1S/C21H21FN4O2S2/c22-14-8-15(10-17(9-14)26-5-1-2-6-26)23-19(27)11-16-13-30-21(24-16)25-20(28)12-18-4-3-7-29-18/h3-4,7-10,13H,1-2,5-6,11-12H2,(H,23,27)(H,24,25,28). The van der Waals surface area contributed by atoms with Gasteiger partial charge in [0.1, 0.15) is 5.82 Å². The number of aromatic nitrogens is 1. The predicted octanol–water partition coefficient (Wildman–Crippen LogP) is 4.31. The Morgan fingerprint density at radius 2 is 1.87 bits per heavy atom. The van der Waals surface area contributed by atoms with Gasteiger partial charge in [0, 0.05) is 34.7 Å². The van der Waals surface area contributed by atoms with E-state index < -0.39 is 0 Å². The van der Waals surface area contributed by atoms with Crippen molar-refractivity contribution in [2.45, 2.75) is 25.7 Å². The van der Waals surface area contributed by atoms with Crippen LogP contribution in [0.15, 0.2) is 41.1 Å². The summed E-state index contributed by atoms with van der Waals surface area (Å²) in [7, 11) is 0. The van der Waals surface area contributed by atoms with Gasteiger partial charge in [-0.1, -0.05) is 6.07 Å². The molecule has 4 rings (SSSR count). The zero-order valence-electron chi connectivity index (χ0n) is 16.2. The first kappa shape index (κ1) is 20.5. The van der Waals surface area contributed by atoms with E-state index in [1.165, 1.54) is 34.8 Å². The molecular weight excluding hydrogens is 423 g/mol. The number of carbonyl (C=O) groups is 2. The molecule has 0 aliphatic carbocycles. The summed E-state index contributed by atoms with van der Waals surface area (Å²) >= 11 is 2.80. The van der Waals surface area contributed by atoms with Gasteiger partial charge in [-0.3, -0.25) is 9.59 Å². The molecule has 2 N–H and O–H groups in total. The van der Waals surface area contributed by atoms with Crippen LogP contribution in [-0.2, 0) is 22.4 Å². The quantitative estimate of drug-likeness (QED) is 0.570. The summed E-state index contributed by atoms with van der Waals surface area (Å²) in [6.07, 6.45) is 2.53. The number of carbonyl (C=O) groups excluding carboxylic acids is 2.